The van der Waals surface area contributed by atoms with E-state index in [0.717, 1.165) is 43.7 Å². The minimum atomic E-state index is -3.68. The molecule has 8 nitrogen and oxygen atoms in total. The smallest absolute Gasteiger partial charge is 0.282 e. The molecular formula is C31H35F4N5O3S. The Morgan fingerprint density at radius 3 is 2.34 bits per heavy atom. The van der Waals surface area contributed by atoms with Crippen LogP contribution in [0.3, 0.4) is 0 Å². The topological polar surface area (TPSA) is 94.6 Å². The Hall–Kier alpha value is -3.39. The van der Waals surface area contributed by atoms with Crippen molar-refractivity contribution in [2.75, 3.05) is 38.0 Å². The molecule has 1 aromatic heterocycles. The first-order valence-electron chi connectivity index (χ1n) is 14.7. The van der Waals surface area contributed by atoms with Crippen LogP contribution in [-0.4, -0.2) is 66.7 Å². The molecule has 3 heterocycles. The van der Waals surface area contributed by atoms with Crippen LogP contribution in [0.2, 0.25) is 0 Å². The number of amides is 1. The molecule has 236 valence electrons. The van der Waals surface area contributed by atoms with Gasteiger partial charge in [0.15, 0.2) is 0 Å². The number of carbonyl (C=O) groups is 1. The molecule has 0 spiro atoms. The minimum Gasteiger partial charge on any atom is -0.324 e. The van der Waals surface area contributed by atoms with E-state index in [4.69, 9.17) is 0 Å². The summed E-state index contributed by atoms with van der Waals surface area (Å²) >= 11 is 0. The molecule has 2 fully saturated rings. The Balaban J connectivity index is 1.33. The quantitative estimate of drug-likeness (QED) is 0.315. The summed E-state index contributed by atoms with van der Waals surface area (Å²) in [5, 5.41) is 5.91. The van der Waals surface area contributed by atoms with Gasteiger partial charge in [-0.15, -0.1) is 0 Å². The van der Waals surface area contributed by atoms with Gasteiger partial charge in [-0.2, -0.15) is 17.0 Å². The van der Waals surface area contributed by atoms with E-state index in [1.54, 1.807) is 0 Å². The third-order valence-corrected chi connectivity index (χ3v) is 10.3. The van der Waals surface area contributed by atoms with Crippen molar-refractivity contribution in [2.45, 2.75) is 50.5 Å². The summed E-state index contributed by atoms with van der Waals surface area (Å²) in [6, 6.07) is 7.79. The largest absolute Gasteiger partial charge is 0.324 e. The third-order valence-electron chi connectivity index (χ3n) is 8.19. The molecule has 0 bridgehead atoms. The molecule has 2 aromatic carbocycles. The SMILES string of the molecule is O=C(CC(c1ccc(F)cc1)c1cc(F)cc(F)c1)Nc1cncc(F)c1CC[C@H]1CNCCN1S(=O)(=O)N1CCCCC1. The van der Waals surface area contributed by atoms with Crippen molar-refractivity contribution in [3.63, 3.8) is 0 Å². The number of hydrogen-bond donors (Lipinski definition) is 2. The maximum Gasteiger partial charge on any atom is 0.282 e. The van der Waals surface area contributed by atoms with Crippen LogP contribution in [-0.2, 0) is 21.4 Å². The van der Waals surface area contributed by atoms with E-state index < -0.39 is 51.3 Å². The molecule has 13 heteroatoms. The summed E-state index contributed by atoms with van der Waals surface area (Å²) in [7, 11) is -3.68. The molecule has 44 heavy (non-hydrogen) atoms. The number of nitrogens with zero attached hydrogens (tertiary/aromatic N) is 3. The Morgan fingerprint density at radius 1 is 0.932 bits per heavy atom. The van der Waals surface area contributed by atoms with Crippen molar-refractivity contribution in [3.8, 4) is 0 Å². The first-order chi connectivity index (χ1) is 21.1. The average Bonchev–Trinajstić information content (AvgIpc) is 3.00. The molecule has 0 radical (unpaired) electrons. The van der Waals surface area contributed by atoms with Gasteiger partial charge in [0, 0.05) is 62.7 Å². The maximum absolute atomic E-state index is 15.1. The van der Waals surface area contributed by atoms with E-state index in [2.05, 4.69) is 15.6 Å². The first-order valence-corrected chi connectivity index (χ1v) is 16.1. The molecule has 0 saturated carbocycles. The summed E-state index contributed by atoms with van der Waals surface area (Å²) in [6.07, 6.45) is 5.11. The predicted octanol–water partition coefficient (Wildman–Crippen LogP) is 4.74. The lowest BCUT2D eigenvalue weighted by Gasteiger charge is -2.39. The Bertz CT molecular complexity index is 1550. The minimum absolute atomic E-state index is 0.118. The zero-order chi connectivity index (χ0) is 31.3. The number of halogens is 4. The third kappa shape index (κ3) is 7.63. The Kier molecular flexibility index (Phi) is 10.3. The van der Waals surface area contributed by atoms with Crippen LogP contribution < -0.4 is 10.6 Å². The zero-order valence-corrected chi connectivity index (χ0v) is 24.9. The lowest BCUT2D eigenvalue weighted by atomic mass is 9.88. The van der Waals surface area contributed by atoms with Crippen LogP contribution in [0.25, 0.3) is 0 Å². The maximum atomic E-state index is 15.1. The van der Waals surface area contributed by atoms with Gasteiger partial charge in [0.25, 0.3) is 10.2 Å². The van der Waals surface area contributed by atoms with E-state index in [1.807, 2.05) is 0 Å². The molecule has 2 aliphatic rings. The summed E-state index contributed by atoms with van der Waals surface area (Å²) in [4.78, 5) is 17.2. The van der Waals surface area contributed by atoms with Crippen molar-refractivity contribution >= 4 is 21.8 Å². The fourth-order valence-corrected chi connectivity index (χ4v) is 7.85. The Labute approximate surface area is 254 Å². The molecule has 2 aliphatic heterocycles. The second-order valence-corrected chi connectivity index (χ2v) is 13.1. The summed E-state index contributed by atoms with van der Waals surface area (Å²) in [6.45, 7) is 2.19. The van der Waals surface area contributed by atoms with Crippen LogP contribution in [0, 0.1) is 23.3 Å². The lowest BCUT2D eigenvalue weighted by Crippen LogP contribution is -2.58. The number of rotatable bonds is 10. The number of benzene rings is 2. The van der Waals surface area contributed by atoms with Crippen LogP contribution in [0.5, 0.6) is 0 Å². The number of piperidine rings is 1. The molecule has 5 rings (SSSR count). The highest BCUT2D eigenvalue weighted by molar-refractivity contribution is 7.86. The van der Waals surface area contributed by atoms with E-state index >= 15 is 4.39 Å². The van der Waals surface area contributed by atoms with Gasteiger partial charge in [-0.25, -0.2) is 17.6 Å². The first kappa shape index (κ1) is 32.0. The summed E-state index contributed by atoms with van der Waals surface area (Å²) < 4.78 is 86.8. The number of carbonyl (C=O) groups excluding carboxylic acids is 1. The monoisotopic (exact) mass is 633 g/mol. The highest BCUT2D eigenvalue weighted by Crippen LogP contribution is 2.31. The zero-order valence-electron chi connectivity index (χ0n) is 24.1. The summed E-state index contributed by atoms with van der Waals surface area (Å²) in [5.74, 6) is -4.21. The standard InChI is InChI=1S/C31H35F4N5O3S/c32-23-6-4-21(5-7-23)28(22-14-24(33)16-25(34)15-22)17-31(41)38-30-20-37-19-29(35)27(30)9-8-26-18-36-10-13-40(26)44(42,43)39-11-2-1-3-12-39/h4-7,14-16,19-20,26,28,36H,1-3,8-13,17-18H2,(H,38,41)/t26-,28?/m0/s1. The van der Waals surface area contributed by atoms with Crippen LogP contribution in [0.1, 0.15) is 54.7 Å². The van der Waals surface area contributed by atoms with E-state index in [1.165, 1.54) is 39.1 Å². The van der Waals surface area contributed by atoms with E-state index in [-0.39, 0.29) is 29.7 Å². The number of piperazine rings is 1. The van der Waals surface area contributed by atoms with E-state index in [0.29, 0.717) is 44.7 Å². The van der Waals surface area contributed by atoms with Gasteiger partial charge in [0.1, 0.15) is 23.3 Å². The van der Waals surface area contributed by atoms with Crippen LogP contribution in [0.4, 0.5) is 23.2 Å². The van der Waals surface area contributed by atoms with Crippen molar-refractivity contribution in [2.24, 2.45) is 0 Å². The number of nitrogens with one attached hydrogen (secondary N) is 2. The van der Waals surface area contributed by atoms with Gasteiger partial charge in [-0.05, 0) is 61.1 Å². The fourth-order valence-electron chi connectivity index (χ4n) is 5.96. The van der Waals surface area contributed by atoms with Gasteiger partial charge in [0.2, 0.25) is 5.91 Å². The molecule has 1 unspecified atom stereocenters. The summed E-state index contributed by atoms with van der Waals surface area (Å²) in [5.41, 5.74) is 0.933. The number of anilines is 1. The van der Waals surface area contributed by atoms with Gasteiger partial charge in [-0.3, -0.25) is 9.78 Å². The highest BCUT2D eigenvalue weighted by atomic mass is 32.2. The highest BCUT2D eigenvalue weighted by Gasteiger charge is 2.37. The van der Waals surface area contributed by atoms with Gasteiger partial charge in [0.05, 0.1) is 18.1 Å². The molecule has 2 N–H and O–H groups in total. The Morgan fingerprint density at radius 2 is 1.64 bits per heavy atom. The van der Waals surface area contributed by atoms with Crippen molar-refractivity contribution in [1.82, 2.24) is 18.9 Å². The van der Waals surface area contributed by atoms with Gasteiger partial charge >= 0.3 is 0 Å². The second-order valence-electron chi connectivity index (χ2n) is 11.2. The molecule has 0 aliphatic carbocycles. The normalized spacial score (nSPS) is 19.0. The van der Waals surface area contributed by atoms with Crippen LogP contribution >= 0.6 is 0 Å². The average molecular weight is 634 g/mol. The van der Waals surface area contributed by atoms with Gasteiger partial charge in [-0.1, -0.05) is 18.6 Å². The van der Waals surface area contributed by atoms with Crippen LogP contribution in [0.15, 0.2) is 54.9 Å². The number of pyridine rings is 1. The van der Waals surface area contributed by atoms with Crippen molar-refractivity contribution in [3.05, 3.63) is 94.8 Å². The fraction of sp³-hybridized carbons (Fsp3) is 0.419. The lowest BCUT2D eigenvalue weighted by molar-refractivity contribution is -0.116. The molecule has 3 aromatic rings. The number of hydrogen-bond acceptors (Lipinski definition) is 5. The molecule has 2 atom stereocenters. The molecule has 1 amide bonds. The van der Waals surface area contributed by atoms with Crippen molar-refractivity contribution < 1.29 is 30.8 Å². The van der Waals surface area contributed by atoms with Gasteiger partial charge < -0.3 is 10.6 Å². The predicted molar refractivity (Wildman–Crippen MR) is 158 cm³/mol. The van der Waals surface area contributed by atoms with E-state index in [9.17, 15) is 26.4 Å². The molecule has 2 saturated heterocycles. The number of aromatic nitrogens is 1. The second kappa shape index (κ2) is 14.1. The molecular weight excluding hydrogens is 598 g/mol. The van der Waals surface area contributed by atoms with Crippen molar-refractivity contribution in [1.29, 1.82) is 0 Å².